The van der Waals surface area contributed by atoms with E-state index in [9.17, 15) is 19.2 Å². The lowest BCUT2D eigenvalue weighted by atomic mass is 10.0. The number of carbonyl (C=O) groups excluding carboxylic acids is 3. The molecule has 0 spiro atoms. The van der Waals surface area contributed by atoms with Crippen LogP contribution in [0.1, 0.15) is 20.7 Å². The van der Waals surface area contributed by atoms with Crippen molar-refractivity contribution >= 4 is 45.7 Å². The molecule has 6 heteroatoms. The van der Waals surface area contributed by atoms with Crippen LogP contribution in [0.2, 0.25) is 5.02 Å². The first-order valence-electron chi connectivity index (χ1n) is 4.43. The first-order chi connectivity index (χ1) is 7.55. The molecular weight excluding hydrogens is 234 g/mol. The maximum atomic E-state index is 11.7. The van der Waals surface area contributed by atoms with Crippen LogP contribution in [0, 0.1) is 0 Å². The predicted molar refractivity (Wildman–Crippen MR) is 53.7 cm³/mol. The van der Waals surface area contributed by atoms with Crippen LogP contribution in [-0.2, 0) is 4.79 Å². The minimum Gasteiger partial charge on any atom is -0.288 e. The van der Waals surface area contributed by atoms with Gasteiger partial charge >= 0.3 is 5.91 Å². The summed E-state index contributed by atoms with van der Waals surface area (Å²) in [7, 11) is 0. The molecule has 4 rings (SSSR count). The number of ketones is 1. The molecule has 16 heavy (non-hydrogen) atoms. The highest BCUT2D eigenvalue weighted by molar-refractivity contribution is 6.65. The van der Waals surface area contributed by atoms with Crippen LogP contribution in [0.3, 0.4) is 0 Å². The normalized spacial score (nSPS) is 17.6. The van der Waals surface area contributed by atoms with E-state index in [1.165, 1.54) is 0 Å². The zero-order valence-corrected chi connectivity index (χ0v) is 8.21. The quantitative estimate of drug-likeness (QED) is 0.488. The lowest BCUT2D eigenvalue weighted by Crippen LogP contribution is -2.37. The fraction of sp³-hybridized carbons (Fsp3) is 0. The lowest BCUT2D eigenvalue weighted by molar-refractivity contribution is -0.113. The molecule has 0 saturated carbocycles. The SMILES string of the molecule is O=C1C(=O)N2C(=O)c3c1c2c1c(=O)c1c3Cl. The van der Waals surface area contributed by atoms with E-state index in [1.54, 1.807) is 0 Å². The van der Waals surface area contributed by atoms with Crippen LogP contribution in [0.25, 0.3) is 10.8 Å². The first kappa shape index (κ1) is 8.18. The molecular formula is C10ClNO4. The molecule has 0 aliphatic carbocycles. The molecule has 2 aliphatic heterocycles. The highest BCUT2D eigenvalue weighted by atomic mass is 35.5. The predicted octanol–water partition coefficient (Wildman–Crippen LogP) is 0.412. The Balaban J connectivity index is 2.34. The van der Waals surface area contributed by atoms with Crippen LogP contribution in [0.5, 0.6) is 0 Å². The van der Waals surface area contributed by atoms with Crippen LogP contribution in [0.4, 0.5) is 5.69 Å². The molecule has 0 aromatic heterocycles. The van der Waals surface area contributed by atoms with Gasteiger partial charge in [0.15, 0.2) is 5.43 Å². The van der Waals surface area contributed by atoms with Crippen molar-refractivity contribution in [2.24, 2.45) is 0 Å². The van der Waals surface area contributed by atoms with Gasteiger partial charge in [0.05, 0.1) is 32.6 Å². The number of nitrogens with zero attached hydrogens (tertiary/aromatic N) is 1. The van der Waals surface area contributed by atoms with Crippen molar-refractivity contribution in [2.75, 3.05) is 4.90 Å². The van der Waals surface area contributed by atoms with Gasteiger partial charge in [0.25, 0.3) is 11.7 Å². The number of imide groups is 1. The Bertz CT molecular complexity index is 794. The third kappa shape index (κ3) is 0.536. The molecule has 2 heterocycles. The average Bonchev–Trinajstić information content (AvgIpc) is 2.74. The second kappa shape index (κ2) is 1.94. The maximum Gasteiger partial charge on any atom is 0.306 e. The summed E-state index contributed by atoms with van der Waals surface area (Å²) in [4.78, 5) is 46.8. The highest BCUT2D eigenvalue weighted by Gasteiger charge is 2.54. The van der Waals surface area contributed by atoms with Gasteiger partial charge in [-0.3, -0.25) is 19.2 Å². The molecule has 2 aromatic rings. The summed E-state index contributed by atoms with van der Waals surface area (Å²) in [5.74, 6) is -2.25. The Labute approximate surface area is 91.9 Å². The standard InChI is InChI=1S/C10ClNO4/c11-5-1-3(7(1)13)6-4-2(5)9(15)12(6)10(16)8(4)14. The van der Waals surface area contributed by atoms with Gasteiger partial charge in [-0.2, -0.15) is 0 Å². The average molecular weight is 234 g/mol. The molecule has 4 bridgehead atoms. The maximum absolute atomic E-state index is 11.7. The van der Waals surface area contributed by atoms with E-state index in [4.69, 9.17) is 11.6 Å². The van der Waals surface area contributed by atoms with E-state index in [-0.39, 0.29) is 38.0 Å². The number of carbonyl (C=O) groups is 3. The van der Waals surface area contributed by atoms with E-state index in [2.05, 4.69) is 0 Å². The fourth-order valence-corrected chi connectivity index (χ4v) is 2.70. The third-order valence-electron chi connectivity index (χ3n) is 3.07. The largest absolute Gasteiger partial charge is 0.306 e. The summed E-state index contributed by atoms with van der Waals surface area (Å²) in [6.07, 6.45) is 0. The molecule has 0 unspecified atom stereocenters. The van der Waals surface area contributed by atoms with Gasteiger partial charge < -0.3 is 0 Å². The number of fused-ring (bicyclic) bond motifs is 1. The number of benzene rings is 1. The summed E-state index contributed by atoms with van der Waals surface area (Å²) in [5.41, 5.74) is -0.123. The molecule has 0 radical (unpaired) electrons. The zero-order valence-electron chi connectivity index (χ0n) is 7.46. The molecule has 5 nitrogen and oxygen atoms in total. The molecule has 0 N–H and O–H groups in total. The Hall–Kier alpha value is -2.01. The Morgan fingerprint density at radius 3 is 2.25 bits per heavy atom. The molecule has 2 amide bonds. The van der Waals surface area contributed by atoms with Gasteiger partial charge in [0.2, 0.25) is 0 Å². The van der Waals surface area contributed by atoms with E-state index < -0.39 is 17.6 Å². The monoisotopic (exact) mass is 233 g/mol. The van der Waals surface area contributed by atoms with Gasteiger partial charge in [-0.1, -0.05) is 11.6 Å². The van der Waals surface area contributed by atoms with Crippen molar-refractivity contribution in [1.29, 1.82) is 0 Å². The van der Waals surface area contributed by atoms with Gasteiger partial charge in [-0.25, -0.2) is 4.90 Å². The number of anilines is 1. The lowest BCUT2D eigenvalue weighted by Gasteiger charge is -2.10. The Morgan fingerprint density at radius 2 is 1.56 bits per heavy atom. The van der Waals surface area contributed by atoms with Crippen LogP contribution < -0.4 is 10.3 Å². The Morgan fingerprint density at radius 1 is 0.875 bits per heavy atom. The number of halogens is 1. The van der Waals surface area contributed by atoms with E-state index >= 15 is 0 Å². The molecule has 76 valence electrons. The number of hydrogen-bond donors (Lipinski definition) is 0. The van der Waals surface area contributed by atoms with E-state index in [0.29, 0.717) is 0 Å². The van der Waals surface area contributed by atoms with Crippen molar-refractivity contribution in [2.45, 2.75) is 0 Å². The van der Waals surface area contributed by atoms with Gasteiger partial charge in [0.1, 0.15) is 0 Å². The molecule has 2 aromatic carbocycles. The summed E-state index contributed by atoms with van der Waals surface area (Å²) >= 11 is 5.85. The molecule has 0 atom stereocenters. The van der Waals surface area contributed by atoms with Gasteiger partial charge in [0, 0.05) is 0 Å². The highest BCUT2D eigenvalue weighted by Crippen LogP contribution is 2.50. The summed E-state index contributed by atoms with van der Waals surface area (Å²) in [6.45, 7) is 0. The molecule has 0 fully saturated rings. The van der Waals surface area contributed by atoms with Crippen molar-refractivity contribution in [3.8, 4) is 0 Å². The smallest absolute Gasteiger partial charge is 0.288 e. The van der Waals surface area contributed by atoms with Crippen LogP contribution in [0.15, 0.2) is 4.79 Å². The fourth-order valence-electron chi connectivity index (χ4n) is 2.34. The van der Waals surface area contributed by atoms with Crippen molar-refractivity contribution < 1.29 is 14.4 Å². The second-order valence-electron chi connectivity index (χ2n) is 3.77. The van der Waals surface area contributed by atoms with Crippen molar-refractivity contribution in [3.63, 3.8) is 0 Å². The van der Waals surface area contributed by atoms with Crippen LogP contribution in [-0.4, -0.2) is 17.6 Å². The zero-order chi connectivity index (χ0) is 11.4. The molecule has 0 saturated heterocycles. The van der Waals surface area contributed by atoms with Gasteiger partial charge in [-0.15, -0.1) is 0 Å². The second-order valence-corrected chi connectivity index (χ2v) is 4.14. The number of hydrogen-bond acceptors (Lipinski definition) is 4. The van der Waals surface area contributed by atoms with E-state index in [0.717, 1.165) is 4.90 Å². The topological polar surface area (TPSA) is 71.5 Å². The number of Topliss-reactive ketones (excluding diaryl/α,β-unsaturated/α-hetero) is 1. The Kier molecular flexibility index (Phi) is 0.994. The van der Waals surface area contributed by atoms with Crippen LogP contribution >= 0.6 is 11.6 Å². The number of amides is 2. The minimum atomic E-state index is -0.892. The van der Waals surface area contributed by atoms with Crippen molar-refractivity contribution in [1.82, 2.24) is 0 Å². The molecule has 2 aliphatic rings. The van der Waals surface area contributed by atoms with E-state index in [1.807, 2.05) is 0 Å². The minimum absolute atomic E-state index is 0.00426. The third-order valence-corrected chi connectivity index (χ3v) is 3.45. The summed E-state index contributed by atoms with van der Waals surface area (Å²) in [5, 5.41) is 0.523. The summed E-state index contributed by atoms with van der Waals surface area (Å²) < 4.78 is 0. The first-order valence-corrected chi connectivity index (χ1v) is 4.80. The summed E-state index contributed by atoms with van der Waals surface area (Å²) in [6, 6.07) is 0. The number of rotatable bonds is 0. The van der Waals surface area contributed by atoms with Crippen molar-refractivity contribution in [3.05, 3.63) is 26.4 Å². The van der Waals surface area contributed by atoms with Gasteiger partial charge in [-0.05, 0) is 0 Å².